The predicted molar refractivity (Wildman–Crippen MR) is 79.1 cm³/mol. The van der Waals surface area contributed by atoms with Crippen LogP contribution in [0.3, 0.4) is 0 Å². The number of carboxylic acids is 1. The quantitative estimate of drug-likeness (QED) is 0.646. The summed E-state index contributed by atoms with van der Waals surface area (Å²) in [5, 5.41) is 9.22. The van der Waals surface area contributed by atoms with Crippen molar-refractivity contribution in [3.8, 4) is 5.75 Å². The van der Waals surface area contributed by atoms with Crippen LogP contribution in [0.5, 0.6) is 5.75 Å². The minimum atomic E-state index is -1.10. The first-order chi connectivity index (χ1) is 10.1. The van der Waals surface area contributed by atoms with E-state index in [0.29, 0.717) is 25.3 Å². The van der Waals surface area contributed by atoms with Gasteiger partial charge >= 0.3 is 5.97 Å². The monoisotopic (exact) mass is 311 g/mol. The van der Waals surface area contributed by atoms with Crippen molar-refractivity contribution in [3.63, 3.8) is 0 Å². The molecule has 2 rings (SSSR count). The number of ether oxygens (including phenoxy) is 2. The van der Waals surface area contributed by atoms with Crippen molar-refractivity contribution < 1.29 is 19.4 Å². The normalized spacial score (nSPS) is 17.9. The molecule has 0 saturated heterocycles. The van der Waals surface area contributed by atoms with Crippen molar-refractivity contribution in [1.82, 2.24) is 4.90 Å². The van der Waals surface area contributed by atoms with Gasteiger partial charge in [-0.3, -0.25) is 0 Å². The van der Waals surface area contributed by atoms with Crippen molar-refractivity contribution in [3.05, 3.63) is 41.3 Å². The highest BCUT2D eigenvalue weighted by atomic mass is 35.5. The van der Waals surface area contributed by atoms with Gasteiger partial charge in [-0.1, -0.05) is 23.7 Å². The summed E-state index contributed by atoms with van der Waals surface area (Å²) in [6.07, 6.45) is 0.450. The lowest BCUT2D eigenvalue weighted by atomic mass is 10.1. The van der Waals surface area contributed by atoms with Gasteiger partial charge in [0.15, 0.2) is 0 Å². The molecule has 1 aliphatic heterocycles. The van der Waals surface area contributed by atoms with Gasteiger partial charge in [0.25, 0.3) is 5.69 Å². The van der Waals surface area contributed by atoms with E-state index in [1.165, 1.54) is 0 Å². The van der Waals surface area contributed by atoms with Crippen molar-refractivity contribution in [2.75, 3.05) is 13.2 Å². The summed E-state index contributed by atoms with van der Waals surface area (Å²) >= 11 is 6.02. The van der Waals surface area contributed by atoms with E-state index >= 15 is 0 Å². The fourth-order valence-electron chi connectivity index (χ4n) is 2.24. The number of halogens is 1. The van der Waals surface area contributed by atoms with Gasteiger partial charge in [0.2, 0.25) is 5.76 Å². The Labute approximate surface area is 128 Å². The number of carboxylic acid groups (broad SMARTS) is 1. The van der Waals surface area contributed by atoms with Gasteiger partial charge in [-0.25, -0.2) is 4.79 Å². The summed E-state index contributed by atoms with van der Waals surface area (Å²) in [6.45, 7) is 5.02. The molecule has 0 amide bonds. The highest BCUT2D eigenvalue weighted by molar-refractivity contribution is 6.20. The van der Waals surface area contributed by atoms with Crippen LogP contribution in [-0.2, 0) is 16.0 Å². The van der Waals surface area contributed by atoms with Crippen molar-refractivity contribution in [2.45, 2.75) is 26.0 Å². The molecule has 114 valence electrons. The van der Waals surface area contributed by atoms with Crippen molar-refractivity contribution >= 4 is 17.6 Å². The number of hydrogen-bond acceptors (Lipinski definition) is 4. The van der Waals surface area contributed by atoms with Crippen molar-refractivity contribution in [1.29, 1.82) is 0 Å². The second kappa shape index (κ2) is 6.72. The van der Waals surface area contributed by atoms with E-state index in [9.17, 15) is 9.90 Å². The summed E-state index contributed by atoms with van der Waals surface area (Å²) in [4.78, 5) is 13.0. The van der Waals surface area contributed by atoms with Crippen LogP contribution in [0.2, 0.25) is 0 Å². The second-order valence-electron chi connectivity index (χ2n) is 4.53. The SMILES string of the molecule is CCOc1ccc(CC2=C(C(=O)O)OC(Cl)N2CC)cc1. The van der Waals surface area contributed by atoms with E-state index in [1.807, 2.05) is 38.1 Å². The Kier molecular flexibility index (Phi) is 4.96. The number of carbonyl (C=O) groups is 1. The number of aliphatic carboxylic acids is 1. The number of benzene rings is 1. The fourth-order valence-corrected chi connectivity index (χ4v) is 2.58. The third-order valence-electron chi connectivity index (χ3n) is 3.21. The van der Waals surface area contributed by atoms with Crippen molar-refractivity contribution in [2.24, 2.45) is 0 Å². The number of likely N-dealkylation sites (N-methyl/N-ethyl adjacent to an activating group) is 1. The van der Waals surface area contributed by atoms with E-state index < -0.39 is 11.7 Å². The largest absolute Gasteiger partial charge is 0.494 e. The highest BCUT2D eigenvalue weighted by Crippen LogP contribution is 2.31. The number of nitrogens with zero attached hydrogens (tertiary/aromatic N) is 1. The fraction of sp³-hybridized carbons (Fsp3) is 0.400. The Balaban J connectivity index is 2.22. The van der Waals surface area contributed by atoms with Crippen LogP contribution in [-0.4, -0.2) is 34.8 Å². The van der Waals surface area contributed by atoms with E-state index in [2.05, 4.69) is 0 Å². The molecule has 0 bridgehead atoms. The third-order valence-corrected chi connectivity index (χ3v) is 3.53. The molecule has 0 fully saturated rings. The molecule has 0 aliphatic carbocycles. The first kappa shape index (κ1) is 15.5. The van der Waals surface area contributed by atoms with Gasteiger partial charge in [-0.05, 0) is 31.5 Å². The maximum atomic E-state index is 11.3. The molecule has 1 aromatic carbocycles. The van der Waals surface area contributed by atoms with Gasteiger partial charge in [0.1, 0.15) is 5.75 Å². The highest BCUT2D eigenvalue weighted by Gasteiger charge is 2.34. The molecule has 1 unspecified atom stereocenters. The summed E-state index contributed by atoms with van der Waals surface area (Å²) in [6, 6.07) is 7.55. The molecular formula is C15H18ClNO4. The Morgan fingerprint density at radius 1 is 1.38 bits per heavy atom. The van der Waals surface area contributed by atoms with Crippen LogP contribution in [0.15, 0.2) is 35.7 Å². The first-order valence-electron chi connectivity index (χ1n) is 6.82. The average Bonchev–Trinajstić information content (AvgIpc) is 2.77. The zero-order valence-electron chi connectivity index (χ0n) is 12.0. The van der Waals surface area contributed by atoms with E-state index in [-0.39, 0.29) is 5.76 Å². The molecule has 21 heavy (non-hydrogen) atoms. The molecule has 1 aliphatic rings. The number of allylic oxidation sites excluding steroid dienone is 1. The molecule has 1 atom stereocenters. The van der Waals surface area contributed by atoms with Gasteiger partial charge in [0, 0.05) is 13.0 Å². The van der Waals surface area contributed by atoms with E-state index in [1.54, 1.807) is 4.90 Å². The minimum Gasteiger partial charge on any atom is -0.494 e. The predicted octanol–water partition coefficient (Wildman–Crippen LogP) is 2.80. The molecule has 1 heterocycles. The zero-order chi connectivity index (χ0) is 15.4. The summed E-state index contributed by atoms with van der Waals surface area (Å²) < 4.78 is 10.6. The topological polar surface area (TPSA) is 59.0 Å². The Hall–Kier alpha value is -1.88. The molecule has 5 nitrogen and oxygen atoms in total. The minimum absolute atomic E-state index is 0.0780. The van der Waals surface area contributed by atoms with Gasteiger partial charge in [-0.2, -0.15) is 0 Å². The first-order valence-corrected chi connectivity index (χ1v) is 7.26. The summed E-state index contributed by atoms with van der Waals surface area (Å²) in [5.41, 5.74) is 0.799. The molecule has 1 aromatic rings. The number of rotatable bonds is 6. The molecule has 0 aromatic heterocycles. The lowest BCUT2D eigenvalue weighted by molar-refractivity contribution is -0.136. The van der Waals surface area contributed by atoms with Crippen LogP contribution >= 0.6 is 11.6 Å². The van der Waals surface area contributed by atoms with Crippen LogP contribution < -0.4 is 4.74 Å². The smallest absolute Gasteiger partial charge is 0.373 e. The molecule has 1 N–H and O–H groups in total. The Bertz CT molecular complexity index is 541. The second-order valence-corrected chi connectivity index (χ2v) is 4.90. The van der Waals surface area contributed by atoms with Crippen LogP contribution in [0.4, 0.5) is 0 Å². The van der Waals surface area contributed by atoms with Gasteiger partial charge < -0.3 is 19.5 Å². The third kappa shape index (κ3) is 3.42. The standard InChI is InChI=1S/C15H18ClNO4/c1-3-17-12(13(14(18)19)21-15(17)16)9-10-5-7-11(8-6-10)20-4-2/h5-8,15H,3-4,9H2,1-2H3,(H,18,19). The van der Waals surface area contributed by atoms with Crippen LogP contribution in [0, 0.1) is 0 Å². The molecular weight excluding hydrogens is 294 g/mol. The number of alkyl halides is 1. The molecule has 0 radical (unpaired) electrons. The van der Waals surface area contributed by atoms with Gasteiger partial charge in [-0.15, -0.1) is 0 Å². The summed E-state index contributed by atoms with van der Waals surface area (Å²) in [7, 11) is 0. The number of hydrogen-bond donors (Lipinski definition) is 1. The Morgan fingerprint density at radius 3 is 2.57 bits per heavy atom. The lowest BCUT2D eigenvalue weighted by Crippen LogP contribution is -2.27. The Morgan fingerprint density at radius 2 is 2.05 bits per heavy atom. The van der Waals surface area contributed by atoms with Crippen LogP contribution in [0.1, 0.15) is 19.4 Å². The van der Waals surface area contributed by atoms with E-state index in [4.69, 9.17) is 21.1 Å². The van der Waals surface area contributed by atoms with E-state index in [0.717, 1.165) is 11.3 Å². The average molecular weight is 312 g/mol. The summed E-state index contributed by atoms with van der Waals surface area (Å²) in [5.74, 6) is -0.387. The lowest BCUT2D eigenvalue weighted by Gasteiger charge is -2.21. The zero-order valence-corrected chi connectivity index (χ0v) is 12.8. The maximum absolute atomic E-state index is 11.3. The molecule has 0 spiro atoms. The van der Waals surface area contributed by atoms with Crippen LogP contribution in [0.25, 0.3) is 0 Å². The molecule has 0 saturated carbocycles. The maximum Gasteiger partial charge on any atom is 0.373 e. The molecule has 6 heteroatoms. The van der Waals surface area contributed by atoms with Gasteiger partial charge in [0.05, 0.1) is 12.3 Å².